The van der Waals surface area contributed by atoms with E-state index in [2.05, 4.69) is 27.4 Å². The van der Waals surface area contributed by atoms with Gasteiger partial charge in [-0.2, -0.15) is 5.10 Å². The molecule has 6 heteroatoms. The SMILES string of the molecule is Cc1nn(C)c(C)c1CC(=O)N[C@H]1CCN(Cc2ccccc2)C[C@@H]1CO. The minimum absolute atomic E-state index is 0.00848. The molecule has 2 heterocycles. The summed E-state index contributed by atoms with van der Waals surface area (Å²) in [7, 11) is 1.90. The van der Waals surface area contributed by atoms with Crippen molar-refractivity contribution in [2.45, 2.75) is 39.3 Å². The first-order valence-corrected chi connectivity index (χ1v) is 9.63. The molecule has 0 unspecified atom stereocenters. The summed E-state index contributed by atoms with van der Waals surface area (Å²) in [6.45, 7) is 6.60. The van der Waals surface area contributed by atoms with Gasteiger partial charge in [-0.1, -0.05) is 30.3 Å². The summed E-state index contributed by atoms with van der Waals surface area (Å²) in [5.74, 6) is 0.0664. The number of carbonyl (C=O) groups excluding carboxylic acids is 1. The lowest BCUT2D eigenvalue weighted by atomic mass is 9.92. The molecule has 6 nitrogen and oxygen atoms in total. The summed E-state index contributed by atoms with van der Waals surface area (Å²) in [4.78, 5) is 14.9. The summed E-state index contributed by atoms with van der Waals surface area (Å²) in [5, 5.41) is 17.4. The van der Waals surface area contributed by atoms with Crippen LogP contribution in [0.15, 0.2) is 30.3 Å². The summed E-state index contributed by atoms with van der Waals surface area (Å²) in [6, 6.07) is 10.4. The number of hydrogen-bond donors (Lipinski definition) is 2. The van der Waals surface area contributed by atoms with Crippen LogP contribution in [0.4, 0.5) is 0 Å². The molecule has 2 N–H and O–H groups in total. The second-order valence-electron chi connectivity index (χ2n) is 7.58. The molecule has 0 aliphatic carbocycles. The Kier molecular flexibility index (Phi) is 6.29. The molecule has 1 aliphatic rings. The van der Waals surface area contributed by atoms with E-state index in [1.165, 1.54) is 5.56 Å². The molecule has 3 rings (SSSR count). The summed E-state index contributed by atoms with van der Waals surface area (Å²) in [6.07, 6.45) is 1.20. The van der Waals surface area contributed by atoms with Gasteiger partial charge in [0, 0.05) is 56.5 Å². The Labute approximate surface area is 161 Å². The molecule has 1 aliphatic heterocycles. The molecule has 2 atom stereocenters. The summed E-state index contributed by atoms with van der Waals surface area (Å²) < 4.78 is 1.82. The van der Waals surface area contributed by atoms with Gasteiger partial charge in [0.1, 0.15) is 0 Å². The number of aromatic nitrogens is 2. The van der Waals surface area contributed by atoms with Gasteiger partial charge in [0.15, 0.2) is 0 Å². The number of aliphatic hydroxyl groups is 1. The van der Waals surface area contributed by atoms with E-state index < -0.39 is 0 Å². The fourth-order valence-electron chi connectivity index (χ4n) is 3.96. The highest BCUT2D eigenvalue weighted by molar-refractivity contribution is 5.79. The van der Waals surface area contributed by atoms with Gasteiger partial charge in [0.25, 0.3) is 0 Å². The lowest BCUT2D eigenvalue weighted by Crippen LogP contribution is -2.52. The average molecular weight is 370 g/mol. The Morgan fingerprint density at radius 2 is 2.04 bits per heavy atom. The third-order valence-electron chi connectivity index (χ3n) is 5.64. The van der Waals surface area contributed by atoms with Crippen LogP contribution in [0.3, 0.4) is 0 Å². The van der Waals surface area contributed by atoms with Crippen LogP contribution in [-0.2, 0) is 24.8 Å². The number of amides is 1. The molecule has 1 aromatic heterocycles. The van der Waals surface area contributed by atoms with Crippen molar-refractivity contribution < 1.29 is 9.90 Å². The number of nitrogens with one attached hydrogen (secondary N) is 1. The number of carbonyl (C=O) groups is 1. The lowest BCUT2D eigenvalue weighted by Gasteiger charge is -2.38. The van der Waals surface area contributed by atoms with Crippen molar-refractivity contribution in [3.63, 3.8) is 0 Å². The van der Waals surface area contributed by atoms with E-state index in [0.29, 0.717) is 6.42 Å². The maximum absolute atomic E-state index is 12.6. The van der Waals surface area contributed by atoms with Gasteiger partial charge in [0.2, 0.25) is 5.91 Å². The molecule has 0 radical (unpaired) electrons. The Morgan fingerprint density at radius 3 is 2.67 bits per heavy atom. The van der Waals surface area contributed by atoms with Gasteiger partial charge in [-0.3, -0.25) is 14.4 Å². The predicted molar refractivity (Wildman–Crippen MR) is 105 cm³/mol. The highest BCUT2D eigenvalue weighted by atomic mass is 16.3. The number of hydrogen-bond acceptors (Lipinski definition) is 4. The maximum atomic E-state index is 12.6. The van der Waals surface area contributed by atoms with Crippen LogP contribution in [0.25, 0.3) is 0 Å². The van der Waals surface area contributed by atoms with Crippen LogP contribution in [0.1, 0.15) is 28.9 Å². The van der Waals surface area contributed by atoms with Gasteiger partial charge in [-0.15, -0.1) is 0 Å². The van der Waals surface area contributed by atoms with E-state index in [9.17, 15) is 9.90 Å². The molecule has 1 fully saturated rings. The van der Waals surface area contributed by atoms with Crippen molar-refractivity contribution in [3.05, 3.63) is 52.8 Å². The average Bonchev–Trinajstić information content (AvgIpc) is 2.90. The molecular formula is C21H30N4O2. The van der Waals surface area contributed by atoms with E-state index in [4.69, 9.17) is 0 Å². The van der Waals surface area contributed by atoms with E-state index in [-0.39, 0.29) is 24.5 Å². The topological polar surface area (TPSA) is 70.4 Å². The number of nitrogens with zero attached hydrogens (tertiary/aromatic N) is 3. The lowest BCUT2D eigenvalue weighted by molar-refractivity contribution is -0.122. The van der Waals surface area contributed by atoms with E-state index >= 15 is 0 Å². The molecule has 1 aromatic carbocycles. The molecule has 2 aromatic rings. The predicted octanol–water partition coefficient (Wildman–Crippen LogP) is 1.58. The van der Waals surface area contributed by atoms with Crippen LogP contribution >= 0.6 is 0 Å². The van der Waals surface area contributed by atoms with Crippen molar-refractivity contribution >= 4 is 5.91 Å². The largest absolute Gasteiger partial charge is 0.396 e. The number of rotatable bonds is 6. The molecule has 27 heavy (non-hydrogen) atoms. The summed E-state index contributed by atoms with van der Waals surface area (Å²) in [5.41, 5.74) is 4.21. The van der Waals surface area contributed by atoms with Crippen molar-refractivity contribution in [1.82, 2.24) is 20.0 Å². The standard InChI is InChI=1S/C21H30N4O2/c1-15-19(16(2)24(3)23-15)11-21(27)22-20-9-10-25(13-18(20)14-26)12-17-7-5-4-6-8-17/h4-8,18,20,26H,9-14H2,1-3H3,(H,22,27)/t18-,20+/m1/s1. The fourth-order valence-corrected chi connectivity index (χ4v) is 3.96. The molecule has 0 spiro atoms. The highest BCUT2D eigenvalue weighted by Crippen LogP contribution is 2.20. The quantitative estimate of drug-likeness (QED) is 0.810. The Balaban J connectivity index is 1.56. The Bertz CT molecular complexity index is 772. The van der Waals surface area contributed by atoms with Crippen LogP contribution in [0.2, 0.25) is 0 Å². The molecule has 1 saturated heterocycles. The van der Waals surface area contributed by atoms with Gasteiger partial charge in [-0.05, 0) is 25.8 Å². The monoisotopic (exact) mass is 370 g/mol. The second-order valence-corrected chi connectivity index (χ2v) is 7.58. The smallest absolute Gasteiger partial charge is 0.224 e. The Hall–Kier alpha value is -2.18. The maximum Gasteiger partial charge on any atom is 0.224 e. The van der Waals surface area contributed by atoms with Crippen LogP contribution in [0, 0.1) is 19.8 Å². The van der Waals surface area contributed by atoms with Crippen LogP contribution in [0.5, 0.6) is 0 Å². The van der Waals surface area contributed by atoms with Crippen LogP contribution < -0.4 is 5.32 Å². The van der Waals surface area contributed by atoms with Crippen LogP contribution in [-0.4, -0.2) is 51.4 Å². The third kappa shape index (κ3) is 4.76. The van der Waals surface area contributed by atoms with Crippen molar-refractivity contribution in [1.29, 1.82) is 0 Å². The van der Waals surface area contributed by atoms with E-state index in [1.54, 1.807) is 0 Å². The highest BCUT2D eigenvalue weighted by Gasteiger charge is 2.30. The van der Waals surface area contributed by atoms with E-state index in [0.717, 1.165) is 43.0 Å². The molecule has 0 bridgehead atoms. The van der Waals surface area contributed by atoms with Gasteiger partial charge in [0.05, 0.1) is 12.1 Å². The number of aliphatic hydroxyl groups excluding tert-OH is 1. The normalized spacial score (nSPS) is 20.6. The summed E-state index contributed by atoms with van der Waals surface area (Å²) >= 11 is 0. The number of piperidine rings is 1. The first-order valence-electron chi connectivity index (χ1n) is 9.63. The first-order chi connectivity index (χ1) is 13.0. The van der Waals surface area contributed by atoms with E-state index in [1.807, 2.05) is 43.8 Å². The zero-order valence-corrected chi connectivity index (χ0v) is 16.5. The minimum Gasteiger partial charge on any atom is -0.396 e. The van der Waals surface area contributed by atoms with Crippen molar-refractivity contribution in [3.8, 4) is 0 Å². The minimum atomic E-state index is 0.00848. The number of benzene rings is 1. The number of likely N-dealkylation sites (tertiary alicyclic amines) is 1. The zero-order chi connectivity index (χ0) is 19.4. The molecular weight excluding hydrogens is 340 g/mol. The third-order valence-corrected chi connectivity index (χ3v) is 5.64. The Morgan fingerprint density at radius 1 is 1.30 bits per heavy atom. The zero-order valence-electron chi connectivity index (χ0n) is 16.5. The molecule has 0 saturated carbocycles. The first kappa shape index (κ1) is 19.6. The number of aryl methyl sites for hydroxylation is 2. The molecule has 1 amide bonds. The van der Waals surface area contributed by atoms with Crippen molar-refractivity contribution in [2.75, 3.05) is 19.7 Å². The van der Waals surface area contributed by atoms with Gasteiger partial charge < -0.3 is 10.4 Å². The molecule has 146 valence electrons. The fraction of sp³-hybridized carbons (Fsp3) is 0.524. The van der Waals surface area contributed by atoms with Gasteiger partial charge in [-0.25, -0.2) is 0 Å². The second kappa shape index (κ2) is 8.67. The van der Waals surface area contributed by atoms with Crippen molar-refractivity contribution in [2.24, 2.45) is 13.0 Å². The van der Waals surface area contributed by atoms with Gasteiger partial charge >= 0.3 is 0 Å².